The highest BCUT2D eigenvalue weighted by Crippen LogP contribution is 2.18. The number of carbonyl (C=O) groups is 2. The molecule has 0 aromatic carbocycles. The fourth-order valence-electron chi connectivity index (χ4n) is 8.36. The maximum absolute atomic E-state index is 13.2. The fraction of sp³-hybridized carbons (Fsp3) is 0.891. The van der Waals surface area contributed by atoms with Gasteiger partial charge in [-0.15, -0.1) is 0 Å². The zero-order chi connectivity index (χ0) is 44.5. The lowest BCUT2D eigenvalue weighted by molar-refractivity contribution is -0.151. The number of esters is 1. The summed E-state index contributed by atoms with van der Waals surface area (Å²) in [4.78, 5) is 26.1. The van der Waals surface area contributed by atoms with E-state index in [4.69, 9.17) is 4.74 Å². The molecular weight excluding hydrogens is 755 g/mol. The average molecular weight is 860 g/mol. The third-order valence-corrected chi connectivity index (χ3v) is 12.5. The van der Waals surface area contributed by atoms with Gasteiger partial charge in [-0.25, -0.2) is 0 Å². The van der Waals surface area contributed by atoms with Crippen molar-refractivity contribution in [2.45, 2.75) is 309 Å². The molecule has 61 heavy (non-hydrogen) atoms. The van der Waals surface area contributed by atoms with Gasteiger partial charge in [-0.05, 0) is 77.0 Å². The molecular formula is C55H105NO5. The van der Waals surface area contributed by atoms with Gasteiger partial charge in [-0.3, -0.25) is 9.59 Å². The average Bonchev–Trinajstić information content (AvgIpc) is 3.25. The van der Waals surface area contributed by atoms with Crippen LogP contribution < -0.4 is 5.32 Å². The molecule has 3 atom stereocenters. The molecule has 3 unspecified atom stereocenters. The van der Waals surface area contributed by atoms with Crippen molar-refractivity contribution in [2.24, 2.45) is 0 Å². The van der Waals surface area contributed by atoms with Crippen molar-refractivity contribution < 1.29 is 24.5 Å². The molecule has 360 valence electrons. The number of nitrogens with one attached hydrogen (secondary N) is 1. The van der Waals surface area contributed by atoms with Crippen LogP contribution >= 0.6 is 0 Å². The number of allylic oxidation sites excluding steroid dienone is 4. The molecule has 0 saturated carbocycles. The van der Waals surface area contributed by atoms with E-state index >= 15 is 0 Å². The highest BCUT2D eigenvalue weighted by molar-refractivity contribution is 5.77. The Balaban J connectivity index is 4.56. The maximum Gasteiger partial charge on any atom is 0.306 e. The number of hydrogen-bond donors (Lipinski definition) is 3. The van der Waals surface area contributed by atoms with E-state index in [2.05, 4.69) is 50.4 Å². The monoisotopic (exact) mass is 860 g/mol. The molecule has 0 radical (unpaired) electrons. The number of carbonyl (C=O) groups excluding carboxylic acids is 2. The molecule has 0 saturated heterocycles. The maximum atomic E-state index is 13.2. The first-order chi connectivity index (χ1) is 30.0. The molecule has 6 heteroatoms. The first-order valence-electron chi connectivity index (χ1n) is 27.1. The Morgan fingerprint density at radius 2 is 0.787 bits per heavy atom. The van der Waals surface area contributed by atoms with Crippen molar-refractivity contribution in [3.05, 3.63) is 24.3 Å². The van der Waals surface area contributed by atoms with Gasteiger partial charge < -0.3 is 20.3 Å². The van der Waals surface area contributed by atoms with Gasteiger partial charge in [0, 0.05) is 6.42 Å². The van der Waals surface area contributed by atoms with E-state index < -0.39 is 18.2 Å². The van der Waals surface area contributed by atoms with E-state index in [1.165, 1.54) is 180 Å². The van der Waals surface area contributed by atoms with E-state index in [0.29, 0.717) is 19.3 Å². The minimum Gasteiger partial charge on any atom is -0.462 e. The smallest absolute Gasteiger partial charge is 0.306 e. The molecule has 0 fully saturated rings. The Bertz CT molecular complexity index is 966. The second-order valence-corrected chi connectivity index (χ2v) is 18.6. The van der Waals surface area contributed by atoms with Crippen molar-refractivity contribution in [1.29, 1.82) is 0 Å². The largest absolute Gasteiger partial charge is 0.462 e. The van der Waals surface area contributed by atoms with E-state index in [-0.39, 0.29) is 24.9 Å². The van der Waals surface area contributed by atoms with Gasteiger partial charge in [-0.1, -0.05) is 225 Å². The van der Waals surface area contributed by atoms with E-state index in [9.17, 15) is 19.8 Å². The fourth-order valence-corrected chi connectivity index (χ4v) is 8.36. The minimum absolute atomic E-state index is 0.0651. The van der Waals surface area contributed by atoms with Crippen LogP contribution in [-0.2, 0) is 14.3 Å². The number of rotatable bonds is 49. The Kier molecular flexibility index (Phi) is 48.0. The topological polar surface area (TPSA) is 95.9 Å². The molecule has 0 aliphatic rings. The zero-order valence-electron chi connectivity index (χ0n) is 41.1. The second kappa shape index (κ2) is 49.4. The molecule has 6 nitrogen and oxygen atoms in total. The third-order valence-electron chi connectivity index (χ3n) is 12.5. The van der Waals surface area contributed by atoms with Gasteiger partial charge in [0.05, 0.1) is 25.2 Å². The summed E-state index contributed by atoms with van der Waals surface area (Å²) in [7, 11) is 0. The van der Waals surface area contributed by atoms with Crippen LogP contribution in [0.3, 0.4) is 0 Å². The SMILES string of the molecule is CCCCCCCC/C=C\CCCCCC(=O)OC(CCCCC/C=C/CCCCCCCCC)CC(=O)NC(CO)C(O)CCCCCCCCCCCCCCCCC. The standard InChI is InChI=1S/C55H105NO5/c1-4-7-10-13-16-19-22-25-27-30-32-35-38-41-44-47-53(58)52(50-57)56-54(59)49-51(46-43-40-37-34-31-29-26-23-20-17-14-11-8-5-2)61-55(60)48-45-42-39-36-33-28-24-21-18-15-12-9-6-3/h28-29,31,33,51-53,57-58H,4-27,30,32,34-50H2,1-3H3,(H,56,59)/b31-29+,33-28-. The van der Waals surface area contributed by atoms with E-state index in [1.807, 2.05) is 0 Å². The number of hydrogen-bond acceptors (Lipinski definition) is 5. The number of aliphatic hydroxyl groups is 2. The molecule has 0 rings (SSSR count). The Hall–Kier alpha value is -1.66. The summed E-state index contributed by atoms with van der Waals surface area (Å²) in [6.45, 7) is 6.49. The summed E-state index contributed by atoms with van der Waals surface area (Å²) >= 11 is 0. The quantitative estimate of drug-likeness (QED) is 0.0322. The molecule has 0 aliphatic carbocycles. The lowest BCUT2D eigenvalue weighted by atomic mass is 10.0. The van der Waals surface area contributed by atoms with Crippen molar-refractivity contribution in [2.75, 3.05) is 6.61 Å². The molecule has 0 aliphatic heterocycles. The Labute approximate surface area is 380 Å². The van der Waals surface area contributed by atoms with Crippen LogP contribution in [0.25, 0.3) is 0 Å². The number of unbranched alkanes of at least 4 members (excludes halogenated alkanes) is 33. The molecule has 1 amide bonds. The number of amides is 1. The lowest BCUT2D eigenvalue weighted by Gasteiger charge is -2.24. The van der Waals surface area contributed by atoms with E-state index in [1.54, 1.807) is 0 Å². The van der Waals surface area contributed by atoms with Crippen LogP contribution in [0.5, 0.6) is 0 Å². The Morgan fingerprint density at radius 3 is 1.18 bits per heavy atom. The molecule has 0 aromatic rings. The second-order valence-electron chi connectivity index (χ2n) is 18.6. The summed E-state index contributed by atoms with van der Waals surface area (Å²) in [6, 6.07) is -0.705. The van der Waals surface area contributed by atoms with Crippen LogP contribution in [0.15, 0.2) is 24.3 Å². The Morgan fingerprint density at radius 1 is 0.459 bits per heavy atom. The highest BCUT2D eigenvalue weighted by Gasteiger charge is 2.24. The van der Waals surface area contributed by atoms with Crippen LogP contribution in [0.4, 0.5) is 0 Å². The molecule has 0 aromatic heterocycles. The number of aliphatic hydroxyl groups excluding tert-OH is 2. The summed E-state index contributed by atoms with van der Waals surface area (Å²) in [6.07, 6.45) is 56.7. The first-order valence-corrected chi connectivity index (χ1v) is 27.1. The predicted molar refractivity (Wildman–Crippen MR) is 264 cm³/mol. The van der Waals surface area contributed by atoms with Gasteiger partial charge in [-0.2, -0.15) is 0 Å². The number of ether oxygens (including phenoxy) is 1. The summed E-state index contributed by atoms with van der Waals surface area (Å²) in [5.41, 5.74) is 0. The van der Waals surface area contributed by atoms with Crippen LogP contribution in [0.2, 0.25) is 0 Å². The van der Waals surface area contributed by atoms with Crippen LogP contribution in [0.1, 0.15) is 290 Å². The third kappa shape index (κ3) is 44.7. The zero-order valence-corrected chi connectivity index (χ0v) is 41.1. The van der Waals surface area contributed by atoms with Crippen molar-refractivity contribution in [1.82, 2.24) is 5.32 Å². The predicted octanol–water partition coefficient (Wildman–Crippen LogP) is 16.3. The first kappa shape index (κ1) is 59.3. The summed E-state index contributed by atoms with van der Waals surface area (Å²) in [5, 5.41) is 23.8. The van der Waals surface area contributed by atoms with Crippen molar-refractivity contribution in [3.8, 4) is 0 Å². The van der Waals surface area contributed by atoms with Crippen molar-refractivity contribution >= 4 is 11.9 Å². The van der Waals surface area contributed by atoms with Crippen molar-refractivity contribution in [3.63, 3.8) is 0 Å². The molecule has 3 N–H and O–H groups in total. The van der Waals surface area contributed by atoms with Gasteiger partial charge in [0.15, 0.2) is 0 Å². The normalized spacial score (nSPS) is 13.3. The van der Waals surface area contributed by atoms with Gasteiger partial charge in [0.25, 0.3) is 0 Å². The van der Waals surface area contributed by atoms with Crippen LogP contribution in [0, 0.1) is 0 Å². The molecule has 0 heterocycles. The minimum atomic E-state index is -0.791. The summed E-state index contributed by atoms with van der Waals surface area (Å²) in [5.74, 6) is -0.495. The van der Waals surface area contributed by atoms with Gasteiger partial charge >= 0.3 is 5.97 Å². The molecule has 0 spiro atoms. The van der Waals surface area contributed by atoms with Gasteiger partial charge in [0.2, 0.25) is 5.91 Å². The lowest BCUT2D eigenvalue weighted by Crippen LogP contribution is -2.46. The van der Waals surface area contributed by atoms with E-state index in [0.717, 1.165) is 64.2 Å². The summed E-state index contributed by atoms with van der Waals surface area (Å²) < 4.78 is 5.92. The van der Waals surface area contributed by atoms with Gasteiger partial charge in [0.1, 0.15) is 6.10 Å². The molecule has 0 bridgehead atoms. The van der Waals surface area contributed by atoms with Crippen LogP contribution in [-0.4, -0.2) is 46.9 Å². The highest BCUT2D eigenvalue weighted by atomic mass is 16.5.